The van der Waals surface area contributed by atoms with E-state index in [1.165, 1.54) is 30.3 Å². The molecular weight excluding hydrogens is 511 g/mol. The number of benzene rings is 3. The molecule has 0 aliphatic heterocycles. The number of hydrogen-bond acceptors (Lipinski definition) is 6. The molecule has 0 bridgehead atoms. The van der Waals surface area contributed by atoms with Crippen LogP contribution in [0.25, 0.3) is 6.08 Å². The first-order valence-corrected chi connectivity index (χ1v) is 12.5. The highest BCUT2D eigenvalue weighted by Gasteiger charge is 2.22. The number of nitrogens with one attached hydrogen (secondary N) is 1. The van der Waals surface area contributed by atoms with Crippen molar-refractivity contribution >= 4 is 51.0 Å². The third-order valence-corrected chi connectivity index (χ3v) is 6.52. The molecule has 0 aliphatic carbocycles. The molecule has 0 aliphatic rings. The number of rotatable bonds is 8. The molecule has 7 nitrogen and oxygen atoms in total. The van der Waals surface area contributed by atoms with Crippen LogP contribution in [0.1, 0.15) is 18.1 Å². The topological polar surface area (TPSA) is 105 Å². The Bertz CT molecular complexity index is 1410. The lowest BCUT2D eigenvalue weighted by atomic mass is 10.1. The van der Waals surface area contributed by atoms with Gasteiger partial charge in [0.15, 0.2) is 5.75 Å². The van der Waals surface area contributed by atoms with Crippen molar-refractivity contribution in [1.29, 1.82) is 5.26 Å². The van der Waals surface area contributed by atoms with E-state index in [4.69, 9.17) is 32.1 Å². The third-order valence-electron chi connectivity index (χ3n) is 4.69. The number of para-hydroxylation sites is 1. The molecule has 0 saturated heterocycles. The summed E-state index contributed by atoms with van der Waals surface area (Å²) in [7, 11) is -4.18. The van der Waals surface area contributed by atoms with E-state index < -0.39 is 16.0 Å². The van der Waals surface area contributed by atoms with Gasteiger partial charge in [-0.2, -0.15) is 13.7 Å². The minimum atomic E-state index is -4.18. The van der Waals surface area contributed by atoms with Crippen LogP contribution in [0.15, 0.2) is 71.1 Å². The molecule has 0 fully saturated rings. The second-order valence-corrected chi connectivity index (χ2v) is 9.53. The van der Waals surface area contributed by atoms with Gasteiger partial charge in [-0.25, -0.2) is 0 Å². The number of halogens is 2. The standard InChI is InChI=1S/C25H20Cl2N2O5S/c1-3-33-22-14-17(12-18(15-28)25(30)29-23-16(2)8-7-11-20(23)26)13-21(27)24(22)34-35(31,32)19-9-5-4-6-10-19/h4-14H,3H2,1-2H3,(H,29,30)/b18-12+. The fourth-order valence-electron chi connectivity index (χ4n) is 3.05. The first-order valence-electron chi connectivity index (χ1n) is 10.3. The van der Waals surface area contributed by atoms with Crippen LogP contribution in [-0.2, 0) is 14.9 Å². The van der Waals surface area contributed by atoms with E-state index in [0.29, 0.717) is 16.3 Å². The monoisotopic (exact) mass is 530 g/mol. The Morgan fingerprint density at radius 1 is 1.09 bits per heavy atom. The molecule has 0 radical (unpaired) electrons. The first kappa shape index (κ1) is 26.1. The van der Waals surface area contributed by atoms with Gasteiger partial charge in [0.25, 0.3) is 5.91 Å². The number of ether oxygens (including phenoxy) is 1. The molecule has 3 aromatic carbocycles. The lowest BCUT2D eigenvalue weighted by molar-refractivity contribution is -0.112. The highest BCUT2D eigenvalue weighted by Crippen LogP contribution is 2.39. The van der Waals surface area contributed by atoms with Gasteiger partial charge in [0.1, 0.15) is 16.5 Å². The van der Waals surface area contributed by atoms with Crippen molar-refractivity contribution in [3.63, 3.8) is 0 Å². The van der Waals surface area contributed by atoms with E-state index in [2.05, 4.69) is 5.32 Å². The summed E-state index contributed by atoms with van der Waals surface area (Å²) in [5.74, 6) is -0.848. The predicted octanol–water partition coefficient (Wildman–Crippen LogP) is 6.01. The number of nitrogens with zero attached hydrogens (tertiary/aromatic N) is 1. The van der Waals surface area contributed by atoms with Crippen LogP contribution in [0.2, 0.25) is 10.0 Å². The van der Waals surface area contributed by atoms with E-state index in [1.807, 2.05) is 6.07 Å². The average Bonchev–Trinajstić information content (AvgIpc) is 2.82. The van der Waals surface area contributed by atoms with Gasteiger partial charge in [0.2, 0.25) is 5.75 Å². The summed E-state index contributed by atoms with van der Waals surface area (Å²) < 4.78 is 36.2. The predicted molar refractivity (Wildman–Crippen MR) is 135 cm³/mol. The van der Waals surface area contributed by atoms with Crippen molar-refractivity contribution in [2.24, 2.45) is 0 Å². The molecule has 0 spiro atoms. The minimum absolute atomic E-state index is 0.0328. The second kappa shape index (κ2) is 11.3. The number of amides is 1. The molecule has 1 N–H and O–H groups in total. The lowest BCUT2D eigenvalue weighted by Gasteiger charge is -2.14. The highest BCUT2D eigenvalue weighted by molar-refractivity contribution is 7.87. The zero-order chi connectivity index (χ0) is 25.6. The molecule has 0 unspecified atom stereocenters. The minimum Gasteiger partial charge on any atom is -0.490 e. The van der Waals surface area contributed by atoms with Crippen molar-refractivity contribution in [3.8, 4) is 17.6 Å². The van der Waals surface area contributed by atoms with Gasteiger partial charge in [0.05, 0.1) is 22.3 Å². The van der Waals surface area contributed by atoms with Crippen LogP contribution in [0.5, 0.6) is 11.5 Å². The van der Waals surface area contributed by atoms with Gasteiger partial charge in [-0.05, 0) is 61.4 Å². The van der Waals surface area contributed by atoms with E-state index >= 15 is 0 Å². The summed E-state index contributed by atoms with van der Waals surface area (Å²) in [5.41, 5.74) is 1.22. The van der Waals surface area contributed by atoms with Gasteiger partial charge in [-0.15, -0.1) is 0 Å². The third kappa shape index (κ3) is 6.34. The maximum atomic E-state index is 12.7. The number of carbonyl (C=O) groups excluding carboxylic acids is 1. The Labute approximate surface area is 213 Å². The highest BCUT2D eigenvalue weighted by atomic mass is 35.5. The van der Waals surface area contributed by atoms with Crippen molar-refractivity contribution in [2.75, 3.05) is 11.9 Å². The Morgan fingerprint density at radius 2 is 1.80 bits per heavy atom. The number of aryl methyl sites for hydroxylation is 1. The molecule has 1 amide bonds. The van der Waals surface area contributed by atoms with Gasteiger partial charge >= 0.3 is 10.1 Å². The van der Waals surface area contributed by atoms with Crippen molar-refractivity contribution in [1.82, 2.24) is 0 Å². The van der Waals surface area contributed by atoms with Crippen molar-refractivity contribution < 1.29 is 22.1 Å². The molecule has 35 heavy (non-hydrogen) atoms. The van der Waals surface area contributed by atoms with E-state index in [9.17, 15) is 18.5 Å². The molecular formula is C25H20Cl2N2O5S. The second-order valence-electron chi connectivity index (χ2n) is 7.17. The Kier molecular flexibility index (Phi) is 8.41. The molecule has 3 rings (SSSR count). The molecule has 10 heteroatoms. The number of carbonyl (C=O) groups is 1. The maximum Gasteiger partial charge on any atom is 0.339 e. The van der Waals surface area contributed by atoms with Crippen LogP contribution in [0.4, 0.5) is 5.69 Å². The molecule has 3 aromatic rings. The van der Waals surface area contributed by atoms with Crippen LogP contribution < -0.4 is 14.2 Å². The van der Waals surface area contributed by atoms with E-state index in [0.717, 1.165) is 5.56 Å². The van der Waals surface area contributed by atoms with Gasteiger partial charge in [-0.1, -0.05) is 53.5 Å². The smallest absolute Gasteiger partial charge is 0.339 e. The largest absolute Gasteiger partial charge is 0.490 e. The normalized spacial score (nSPS) is 11.5. The molecule has 180 valence electrons. The average molecular weight is 531 g/mol. The van der Waals surface area contributed by atoms with E-state index in [-0.39, 0.29) is 33.6 Å². The molecule has 0 saturated carbocycles. The summed E-state index contributed by atoms with van der Waals surface area (Å²) in [6.45, 7) is 3.65. The van der Waals surface area contributed by atoms with Gasteiger partial charge < -0.3 is 14.2 Å². The molecule has 0 atom stereocenters. The van der Waals surface area contributed by atoms with Gasteiger partial charge in [0, 0.05) is 0 Å². The first-order chi connectivity index (χ1) is 16.7. The Morgan fingerprint density at radius 3 is 2.43 bits per heavy atom. The summed E-state index contributed by atoms with van der Waals surface area (Å²) in [6, 6.07) is 17.4. The zero-order valence-electron chi connectivity index (χ0n) is 18.7. The quantitative estimate of drug-likeness (QED) is 0.217. The summed E-state index contributed by atoms with van der Waals surface area (Å²) in [6.07, 6.45) is 1.30. The fraction of sp³-hybridized carbons (Fsp3) is 0.120. The van der Waals surface area contributed by atoms with Crippen LogP contribution in [0.3, 0.4) is 0 Å². The summed E-state index contributed by atoms with van der Waals surface area (Å²) in [5, 5.41) is 12.5. The van der Waals surface area contributed by atoms with Crippen molar-refractivity contribution in [2.45, 2.75) is 18.7 Å². The fourth-order valence-corrected chi connectivity index (χ4v) is 4.60. The van der Waals surface area contributed by atoms with Crippen molar-refractivity contribution in [3.05, 3.63) is 87.4 Å². The zero-order valence-corrected chi connectivity index (χ0v) is 21.0. The lowest BCUT2D eigenvalue weighted by Crippen LogP contribution is -2.14. The summed E-state index contributed by atoms with van der Waals surface area (Å²) >= 11 is 12.5. The number of nitriles is 1. The maximum absolute atomic E-state index is 12.7. The number of hydrogen-bond donors (Lipinski definition) is 1. The SMILES string of the molecule is CCOc1cc(/C=C(\C#N)C(=O)Nc2c(C)cccc2Cl)cc(Cl)c1OS(=O)(=O)c1ccccc1. The number of anilines is 1. The van der Waals surface area contributed by atoms with Crippen LogP contribution >= 0.6 is 23.2 Å². The molecule has 0 heterocycles. The van der Waals surface area contributed by atoms with E-state index in [1.54, 1.807) is 50.2 Å². The Balaban J connectivity index is 1.96. The molecule has 0 aromatic heterocycles. The summed E-state index contributed by atoms with van der Waals surface area (Å²) in [4.78, 5) is 12.7. The van der Waals surface area contributed by atoms with Gasteiger partial charge in [-0.3, -0.25) is 4.79 Å². The Hall–Kier alpha value is -3.51. The van der Waals surface area contributed by atoms with Crippen LogP contribution in [-0.4, -0.2) is 20.9 Å². The van der Waals surface area contributed by atoms with Crippen LogP contribution in [0, 0.1) is 18.3 Å².